The fourth-order valence-corrected chi connectivity index (χ4v) is 4.13. The molecule has 2 aliphatic rings. The van der Waals surface area contributed by atoms with Crippen LogP contribution in [-0.4, -0.2) is 56.2 Å². The Kier molecular flexibility index (Phi) is 5.16. The smallest absolute Gasteiger partial charge is 0.264 e. The van der Waals surface area contributed by atoms with Crippen LogP contribution in [0, 0.1) is 5.82 Å². The van der Waals surface area contributed by atoms with E-state index in [0.717, 1.165) is 4.90 Å². The van der Waals surface area contributed by atoms with Crippen molar-refractivity contribution in [1.29, 1.82) is 0 Å². The Morgan fingerprint density at radius 2 is 1.97 bits per heavy atom. The molecule has 2 aromatic carbocycles. The van der Waals surface area contributed by atoms with E-state index in [1.807, 2.05) is 0 Å². The van der Waals surface area contributed by atoms with Crippen molar-refractivity contribution in [1.82, 2.24) is 25.2 Å². The van der Waals surface area contributed by atoms with Gasteiger partial charge in [-0.05, 0) is 43.7 Å². The summed E-state index contributed by atoms with van der Waals surface area (Å²) in [4.78, 5) is 50.9. The summed E-state index contributed by atoms with van der Waals surface area (Å²) < 4.78 is 20.8. The van der Waals surface area contributed by atoms with Gasteiger partial charge >= 0.3 is 0 Å². The summed E-state index contributed by atoms with van der Waals surface area (Å²) in [6, 6.07) is 8.00. The van der Waals surface area contributed by atoms with Crippen molar-refractivity contribution in [3.8, 4) is 22.7 Å². The molecule has 1 saturated heterocycles. The molecule has 172 valence electrons. The van der Waals surface area contributed by atoms with Gasteiger partial charge in [-0.1, -0.05) is 11.3 Å². The van der Waals surface area contributed by atoms with E-state index in [1.54, 1.807) is 25.1 Å². The van der Waals surface area contributed by atoms with Gasteiger partial charge in [0.15, 0.2) is 11.6 Å². The van der Waals surface area contributed by atoms with Crippen LogP contribution >= 0.6 is 0 Å². The van der Waals surface area contributed by atoms with Crippen LogP contribution in [0.1, 0.15) is 40.5 Å². The molecular weight excluding hydrogens is 445 g/mol. The molecule has 1 atom stereocenters. The van der Waals surface area contributed by atoms with Gasteiger partial charge in [0.25, 0.3) is 11.8 Å². The molecule has 11 heteroatoms. The highest BCUT2D eigenvalue weighted by Crippen LogP contribution is 2.32. The lowest BCUT2D eigenvalue weighted by atomic mass is 10.0. The number of carbonyl (C=O) groups is 4. The first-order valence-corrected chi connectivity index (χ1v) is 10.6. The second-order valence-corrected chi connectivity index (χ2v) is 7.77. The lowest BCUT2D eigenvalue weighted by Gasteiger charge is -2.27. The molecule has 0 spiro atoms. The maximum absolute atomic E-state index is 14.3. The molecule has 10 nitrogen and oxygen atoms in total. The van der Waals surface area contributed by atoms with Crippen LogP contribution in [0.2, 0.25) is 0 Å². The van der Waals surface area contributed by atoms with Crippen molar-refractivity contribution in [2.45, 2.75) is 25.8 Å². The zero-order chi connectivity index (χ0) is 24.0. The monoisotopic (exact) mass is 463 g/mol. The third-order valence-corrected chi connectivity index (χ3v) is 5.71. The van der Waals surface area contributed by atoms with Crippen molar-refractivity contribution in [2.75, 3.05) is 6.61 Å². The minimum absolute atomic E-state index is 0.0295. The molecule has 5 rings (SSSR count). The Hall–Kier alpha value is -4.41. The summed E-state index contributed by atoms with van der Waals surface area (Å²) in [5.74, 6) is -2.83. The van der Waals surface area contributed by atoms with E-state index in [0.29, 0.717) is 17.9 Å². The summed E-state index contributed by atoms with van der Waals surface area (Å²) >= 11 is 0. The topological polar surface area (TPSA) is 123 Å². The molecular formula is C23H18FN5O5. The number of nitrogens with one attached hydrogen (secondary N) is 1. The molecule has 0 radical (unpaired) electrons. The maximum atomic E-state index is 14.3. The predicted octanol–water partition coefficient (Wildman–Crippen LogP) is 1.87. The van der Waals surface area contributed by atoms with Crippen molar-refractivity contribution >= 4 is 23.6 Å². The van der Waals surface area contributed by atoms with E-state index in [1.165, 1.54) is 29.1 Å². The predicted molar refractivity (Wildman–Crippen MR) is 115 cm³/mol. The minimum Gasteiger partial charge on any atom is -0.491 e. The van der Waals surface area contributed by atoms with Crippen LogP contribution in [0.3, 0.4) is 0 Å². The first-order valence-electron chi connectivity index (χ1n) is 10.6. The SMILES string of the molecule is CCOc1ccc(-c2cn(-c3cccc4c3C(=O)N(C3CCC(=O)NC3=O)C4=O)nn2)cc1F. The van der Waals surface area contributed by atoms with Crippen LogP contribution in [-0.2, 0) is 9.59 Å². The number of benzene rings is 2. The van der Waals surface area contributed by atoms with E-state index in [9.17, 15) is 23.6 Å². The Bertz CT molecular complexity index is 1370. The number of imide groups is 2. The van der Waals surface area contributed by atoms with Crippen molar-refractivity contribution < 1.29 is 28.3 Å². The molecule has 4 amide bonds. The van der Waals surface area contributed by atoms with Gasteiger partial charge < -0.3 is 4.74 Å². The van der Waals surface area contributed by atoms with Crippen molar-refractivity contribution in [2.24, 2.45) is 0 Å². The summed E-state index contributed by atoms with van der Waals surface area (Å²) in [5.41, 5.74) is 1.28. The third kappa shape index (κ3) is 3.41. The molecule has 0 aliphatic carbocycles. The molecule has 1 N–H and O–H groups in total. The average Bonchev–Trinajstić information content (AvgIpc) is 3.40. The normalized spacial score (nSPS) is 17.7. The molecule has 1 unspecified atom stereocenters. The number of carbonyl (C=O) groups excluding carboxylic acids is 4. The Morgan fingerprint density at radius 1 is 1.15 bits per heavy atom. The number of ether oxygens (including phenoxy) is 1. The first-order chi connectivity index (χ1) is 16.4. The van der Waals surface area contributed by atoms with Gasteiger partial charge in [0.1, 0.15) is 11.7 Å². The van der Waals surface area contributed by atoms with E-state index in [-0.39, 0.29) is 35.4 Å². The highest BCUT2D eigenvalue weighted by Gasteiger charge is 2.45. The standard InChI is InChI=1S/C23H18FN5O5/c1-2-34-18-8-6-12(10-14(18)24)15-11-28(27-26-15)16-5-3-4-13-20(16)23(33)29(22(13)32)17-7-9-19(30)25-21(17)31/h3-6,8,10-11,17H,2,7,9H2,1H3,(H,25,30,31). The number of amides is 4. The Labute approximate surface area is 192 Å². The van der Waals surface area contributed by atoms with E-state index in [2.05, 4.69) is 15.6 Å². The maximum Gasteiger partial charge on any atom is 0.264 e. The summed E-state index contributed by atoms with van der Waals surface area (Å²) in [6.45, 7) is 2.08. The number of nitrogens with zero attached hydrogens (tertiary/aromatic N) is 4. The zero-order valence-electron chi connectivity index (χ0n) is 17.9. The number of halogens is 1. The molecule has 3 aromatic rings. The van der Waals surface area contributed by atoms with Crippen molar-refractivity contribution in [3.05, 3.63) is 59.5 Å². The van der Waals surface area contributed by atoms with E-state index in [4.69, 9.17) is 4.74 Å². The van der Waals surface area contributed by atoms with Crippen molar-refractivity contribution in [3.63, 3.8) is 0 Å². The molecule has 2 aliphatic heterocycles. The van der Waals surface area contributed by atoms with Gasteiger partial charge in [0.2, 0.25) is 11.8 Å². The Balaban J connectivity index is 1.49. The first kappa shape index (κ1) is 21.4. The van der Waals surface area contributed by atoms with Gasteiger partial charge in [-0.25, -0.2) is 9.07 Å². The Morgan fingerprint density at radius 3 is 2.71 bits per heavy atom. The number of hydrogen-bond acceptors (Lipinski definition) is 7. The number of aromatic nitrogens is 3. The van der Waals surface area contributed by atoms with Crippen LogP contribution in [0.5, 0.6) is 5.75 Å². The van der Waals surface area contributed by atoms with Crippen LogP contribution in [0.25, 0.3) is 16.9 Å². The molecule has 3 heterocycles. The van der Waals surface area contributed by atoms with Gasteiger partial charge in [0.05, 0.1) is 29.6 Å². The number of fused-ring (bicyclic) bond motifs is 1. The lowest BCUT2D eigenvalue weighted by molar-refractivity contribution is -0.136. The van der Waals surface area contributed by atoms with Gasteiger partial charge in [-0.15, -0.1) is 5.10 Å². The third-order valence-electron chi connectivity index (χ3n) is 5.71. The van der Waals surface area contributed by atoms with Gasteiger partial charge in [-0.2, -0.15) is 0 Å². The number of rotatable bonds is 5. The van der Waals surface area contributed by atoms with E-state index < -0.39 is 35.5 Å². The highest BCUT2D eigenvalue weighted by molar-refractivity contribution is 6.24. The van der Waals surface area contributed by atoms with Crippen LogP contribution in [0.4, 0.5) is 4.39 Å². The fraction of sp³-hybridized carbons (Fsp3) is 0.217. The summed E-state index contributed by atoms with van der Waals surface area (Å²) in [5, 5.41) is 10.3. The fourth-order valence-electron chi connectivity index (χ4n) is 4.13. The molecule has 0 saturated carbocycles. The molecule has 34 heavy (non-hydrogen) atoms. The number of hydrogen-bond donors (Lipinski definition) is 1. The quantitative estimate of drug-likeness (QED) is 0.573. The molecule has 0 bridgehead atoms. The van der Waals surface area contributed by atoms with Crippen LogP contribution in [0.15, 0.2) is 42.6 Å². The minimum atomic E-state index is -1.07. The molecule has 1 fully saturated rings. The average molecular weight is 463 g/mol. The van der Waals surface area contributed by atoms with Gasteiger partial charge in [-0.3, -0.25) is 29.4 Å². The lowest BCUT2D eigenvalue weighted by Crippen LogP contribution is -2.54. The van der Waals surface area contributed by atoms with E-state index >= 15 is 0 Å². The second-order valence-electron chi connectivity index (χ2n) is 7.77. The molecule has 1 aromatic heterocycles. The largest absolute Gasteiger partial charge is 0.491 e. The zero-order valence-corrected chi connectivity index (χ0v) is 17.9. The second kappa shape index (κ2) is 8.18. The van der Waals surface area contributed by atoms with Crippen LogP contribution < -0.4 is 10.1 Å². The number of piperidine rings is 1. The highest BCUT2D eigenvalue weighted by atomic mass is 19.1. The summed E-state index contributed by atoms with van der Waals surface area (Å²) in [6.07, 6.45) is 1.60. The van der Waals surface area contributed by atoms with Gasteiger partial charge in [0, 0.05) is 12.0 Å². The summed E-state index contributed by atoms with van der Waals surface area (Å²) in [7, 11) is 0.